The van der Waals surface area contributed by atoms with Crippen LogP contribution in [0.5, 0.6) is 0 Å². The fourth-order valence-electron chi connectivity index (χ4n) is 5.01. The monoisotopic (exact) mass is 434 g/mol. The van der Waals surface area contributed by atoms with E-state index in [1.54, 1.807) is 0 Å². The molecular weight excluding hydrogens is 408 g/mol. The third-order valence-electron chi connectivity index (χ3n) is 7.11. The van der Waals surface area contributed by atoms with Gasteiger partial charge in [-0.15, -0.1) is 0 Å². The maximum absolute atomic E-state index is 13.6. The minimum atomic E-state index is -0.204. The van der Waals surface area contributed by atoms with Crippen LogP contribution in [0.15, 0.2) is 79.1 Å². The van der Waals surface area contributed by atoms with E-state index in [2.05, 4.69) is 52.1 Å². The van der Waals surface area contributed by atoms with Crippen molar-refractivity contribution in [3.8, 4) is 27.9 Å². The second-order valence-electron chi connectivity index (χ2n) is 9.28. The molecule has 4 aromatic rings. The Morgan fingerprint density at radius 2 is 1.64 bits per heavy atom. The zero-order chi connectivity index (χ0) is 22.7. The van der Waals surface area contributed by atoms with Gasteiger partial charge in [-0.05, 0) is 48.2 Å². The number of hydrogen-bond acceptors (Lipinski definition) is 3. The molecule has 1 aliphatic heterocycles. The van der Waals surface area contributed by atoms with Gasteiger partial charge in [-0.1, -0.05) is 42.5 Å². The first-order valence-electron chi connectivity index (χ1n) is 11.3. The summed E-state index contributed by atoms with van der Waals surface area (Å²) in [6.07, 6.45) is 6.02. The van der Waals surface area contributed by atoms with E-state index in [4.69, 9.17) is 0 Å². The van der Waals surface area contributed by atoms with E-state index in [1.807, 2.05) is 67.5 Å². The lowest BCUT2D eigenvalue weighted by molar-refractivity contribution is 0.0705. The summed E-state index contributed by atoms with van der Waals surface area (Å²) in [5.74, 6) is 1.00. The lowest BCUT2D eigenvalue weighted by atomic mass is 9.97. The van der Waals surface area contributed by atoms with E-state index in [0.717, 1.165) is 46.6 Å². The molecule has 1 amide bonds. The Balaban J connectivity index is 1.54. The predicted octanol–water partition coefficient (Wildman–Crippen LogP) is 5.35. The van der Waals surface area contributed by atoms with Crippen LogP contribution < -0.4 is 4.90 Å². The SMILES string of the molecule is CN(C)c1ccc(-c2ccc3c(c2)-n2cc(-c4ccccc4)cc2C(=O)N(C)C32CC2)cn1. The minimum Gasteiger partial charge on any atom is -0.363 e. The highest BCUT2D eigenvalue weighted by atomic mass is 16.2. The molecule has 33 heavy (non-hydrogen) atoms. The molecule has 1 saturated carbocycles. The van der Waals surface area contributed by atoms with Crippen LogP contribution in [-0.4, -0.2) is 41.5 Å². The molecular formula is C28H26N4O. The first kappa shape index (κ1) is 19.8. The Kier molecular flexibility index (Phi) is 4.24. The second-order valence-corrected chi connectivity index (χ2v) is 9.28. The first-order valence-corrected chi connectivity index (χ1v) is 11.3. The van der Waals surface area contributed by atoms with Gasteiger partial charge in [0.15, 0.2) is 0 Å². The van der Waals surface area contributed by atoms with Crippen molar-refractivity contribution in [2.45, 2.75) is 18.4 Å². The number of hydrogen-bond donors (Lipinski definition) is 0. The number of nitrogens with zero attached hydrogens (tertiary/aromatic N) is 4. The number of amides is 1. The third kappa shape index (κ3) is 2.99. The van der Waals surface area contributed by atoms with E-state index in [9.17, 15) is 4.79 Å². The summed E-state index contributed by atoms with van der Waals surface area (Å²) < 4.78 is 2.09. The van der Waals surface area contributed by atoms with Crippen molar-refractivity contribution < 1.29 is 4.79 Å². The van der Waals surface area contributed by atoms with Crippen LogP contribution in [0, 0.1) is 0 Å². The van der Waals surface area contributed by atoms with E-state index < -0.39 is 0 Å². The standard InChI is InChI=1S/C28H26N4O/c1-30(2)26-12-10-21(17-29-26)20-9-11-23-24(15-20)32-18-22(19-7-5-4-6-8-19)16-25(32)27(33)31(3)28(23)13-14-28/h4-12,15-18H,13-14H2,1-3H3. The van der Waals surface area contributed by atoms with E-state index in [1.165, 1.54) is 5.56 Å². The number of rotatable bonds is 3. The van der Waals surface area contributed by atoms with E-state index in [0.29, 0.717) is 5.69 Å². The molecule has 1 spiro atoms. The lowest BCUT2D eigenvalue weighted by Gasteiger charge is -2.27. The Morgan fingerprint density at radius 3 is 2.30 bits per heavy atom. The molecule has 5 nitrogen and oxygen atoms in total. The van der Waals surface area contributed by atoms with Crippen LogP contribution in [0.1, 0.15) is 28.9 Å². The molecule has 5 heteroatoms. The molecule has 0 unspecified atom stereocenters. The molecule has 0 saturated heterocycles. The summed E-state index contributed by atoms with van der Waals surface area (Å²) in [5, 5.41) is 0. The van der Waals surface area contributed by atoms with Gasteiger partial charge in [0.25, 0.3) is 5.91 Å². The van der Waals surface area contributed by atoms with Gasteiger partial charge in [-0.2, -0.15) is 0 Å². The number of benzene rings is 2. The van der Waals surface area contributed by atoms with Crippen molar-refractivity contribution in [2.75, 3.05) is 26.0 Å². The fraction of sp³-hybridized carbons (Fsp3) is 0.214. The van der Waals surface area contributed by atoms with Crippen molar-refractivity contribution >= 4 is 11.7 Å². The molecule has 0 atom stereocenters. The highest BCUT2D eigenvalue weighted by molar-refractivity contribution is 5.97. The Hall–Kier alpha value is -3.86. The van der Waals surface area contributed by atoms with Crippen molar-refractivity contribution in [2.24, 2.45) is 0 Å². The molecule has 6 rings (SSSR count). The zero-order valence-corrected chi connectivity index (χ0v) is 19.1. The Labute approximate surface area is 193 Å². The highest BCUT2D eigenvalue weighted by Crippen LogP contribution is 2.54. The lowest BCUT2D eigenvalue weighted by Crippen LogP contribution is -2.36. The maximum Gasteiger partial charge on any atom is 0.271 e. The van der Waals surface area contributed by atoms with Gasteiger partial charge in [0.2, 0.25) is 0 Å². The second kappa shape index (κ2) is 7.07. The first-order chi connectivity index (χ1) is 16.0. The number of carbonyl (C=O) groups is 1. The van der Waals surface area contributed by atoms with Crippen LogP contribution in [0.4, 0.5) is 5.82 Å². The summed E-state index contributed by atoms with van der Waals surface area (Å²) in [4.78, 5) is 22.1. The average molecular weight is 435 g/mol. The topological polar surface area (TPSA) is 41.4 Å². The number of aromatic nitrogens is 2. The minimum absolute atomic E-state index is 0.0735. The van der Waals surface area contributed by atoms with Crippen LogP contribution in [0.3, 0.4) is 0 Å². The normalized spacial score (nSPS) is 15.7. The summed E-state index contributed by atoms with van der Waals surface area (Å²) in [7, 11) is 5.93. The van der Waals surface area contributed by atoms with Gasteiger partial charge in [-0.25, -0.2) is 4.98 Å². The Bertz CT molecular complexity index is 1370. The van der Waals surface area contributed by atoms with Gasteiger partial charge in [0, 0.05) is 50.2 Å². The number of fused-ring (bicyclic) bond motifs is 4. The number of carbonyl (C=O) groups excluding carboxylic acids is 1. The maximum atomic E-state index is 13.6. The summed E-state index contributed by atoms with van der Waals surface area (Å²) >= 11 is 0. The van der Waals surface area contributed by atoms with Crippen molar-refractivity contribution in [1.29, 1.82) is 0 Å². The van der Waals surface area contributed by atoms with Crippen LogP contribution in [-0.2, 0) is 5.54 Å². The molecule has 2 aromatic heterocycles. The molecule has 2 aliphatic rings. The molecule has 2 aromatic carbocycles. The van der Waals surface area contributed by atoms with E-state index in [-0.39, 0.29) is 11.4 Å². The third-order valence-corrected chi connectivity index (χ3v) is 7.11. The van der Waals surface area contributed by atoms with Crippen LogP contribution in [0.25, 0.3) is 27.9 Å². The largest absolute Gasteiger partial charge is 0.363 e. The summed E-state index contributed by atoms with van der Waals surface area (Å²) in [6.45, 7) is 0. The van der Waals surface area contributed by atoms with Gasteiger partial charge < -0.3 is 14.4 Å². The van der Waals surface area contributed by atoms with Crippen molar-refractivity contribution in [3.63, 3.8) is 0 Å². The molecule has 3 heterocycles. The van der Waals surface area contributed by atoms with Crippen LogP contribution >= 0.6 is 0 Å². The van der Waals surface area contributed by atoms with Crippen LogP contribution in [0.2, 0.25) is 0 Å². The quantitative estimate of drug-likeness (QED) is 0.437. The predicted molar refractivity (Wildman–Crippen MR) is 132 cm³/mol. The Morgan fingerprint density at radius 1 is 0.879 bits per heavy atom. The molecule has 0 bridgehead atoms. The molecule has 1 aliphatic carbocycles. The molecule has 0 radical (unpaired) electrons. The smallest absolute Gasteiger partial charge is 0.271 e. The van der Waals surface area contributed by atoms with E-state index >= 15 is 0 Å². The number of pyridine rings is 1. The molecule has 164 valence electrons. The molecule has 1 fully saturated rings. The van der Waals surface area contributed by atoms with Crippen molar-refractivity contribution in [3.05, 3.63) is 90.4 Å². The van der Waals surface area contributed by atoms with Gasteiger partial charge in [0.1, 0.15) is 11.5 Å². The fourth-order valence-corrected chi connectivity index (χ4v) is 5.01. The van der Waals surface area contributed by atoms with Gasteiger partial charge in [-0.3, -0.25) is 4.79 Å². The number of anilines is 1. The zero-order valence-electron chi connectivity index (χ0n) is 19.1. The summed E-state index contributed by atoms with van der Waals surface area (Å²) in [6, 6.07) is 23.0. The summed E-state index contributed by atoms with van der Waals surface area (Å²) in [5.41, 5.74) is 7.12. The van der Waals surface area contributed by atoms with Crippen molar-refractivity contribution in [1.82, 2.24) is 14.5 Å². The molecule has 0 N–H and O–H groups in total. The van der Waals surface area contributed by atoms with Gasteiger partial charge in [0.05, 0.1) is 11.2 Å². The average Bonchev–Trinajstić information content (AvgIpc) is 3.55. The highest BCUT2D eigenvalue weighted by Gasteiger charge is 2.53. The van der Waals surface area contributed by atoms with Gasteiger partial charge >= 0.3 is 0 Å².